The summed E-state index contributed by atoms with van der Waals surface area (Å²) in [6, 6.07) is -1.24. The molecule has 8 atom stereocenters. The van der Waals surface area contributed by atoms with Crippen molar-refractivity contribution in [1.82, 2.24) is 5.32 Å². The van der Waals surface area contributed by atoms with Crippen LogP contribution >= 0.6 is 7.82 Å². The number of amides is 1. The minimum Gasteiger partial charge on any atom is -0.393 e. The standard InChI is InChI=1S/C42H80NO12P/c1-3-5-7-9-11-13-14-15-16-17-18-19-20-22-23-25-27-29-33(44)31-36(46)43-34(35(45)30-28-26-24-21-12-10-8-6-4-2)32-54-56(52,53)55-42-40(50)38(48)37(47)39(49)41(42)51/h17-18,28,30,33-35,37-42,44-45,47-51H,3-16,19-27,29,31-32H2,1-2H3,(H,43,46)(H,52,53)/b18-17-,30-28+. The number of aliphatic hydroxyl groups is 7. The molecule has 56 heavy (non-hydrogen) atoms. The van der Waals surface area contributed by atoms with Crippen LogP contribution in [0, 0.1) is 0 Å². The van der Waals surface area contributed by atoms with Gasteiger partial charge in [-0.1, -0.05) is 147 Å². The fourth-order valence-corrected chi connectivity index (χ4v) is 7.85. The highest BCUT2D eigenvalue weighted by Gasteiger charge is 2.51. The number of hydrogen-bond donors (Lipinski definition) is 9. The molecule has 1 rings (SSSR count). The van der Waals surface area contributed by atoms with E-state index in [0.717, 1.165) is 64.2 Å². The van der Waals surface area contributed by atoms with Gasteiger partial charge in [-0.3, -0.25) is 13.8 Å². The van der Waals surface area contributed by atoms with Crippen LogP contribution in [-0.2, 0) is 18.4 Å². The Balaban J connectivity index is 2.52. The molecule has 1 aliphatic carbocycles. The first kappa shape index (κ1) is 52.8. The summed E-state index contributed by atoms with van der Waals surface area (Å²) in [6.45, 7) is 3.68. The van der Waals surface area contributed by atoms with Crippen molar-refractivity contribution in [1.29, 1.82) is 0 Å². The highest BCUT2D eigenvalue weighted by atomic mass is 31.2. The van der Waals surface area contributed by atoms with Crippen LogP contribution in [0.4, 0.5) is 0 Å². The topological polar surface area (TPSA) is 226 Å². The third-order valence-corrected chi connectivity index (χ3v) is 11.5. The van der Waals surface area contributed by atoms with Crippen molar-refractivity contribution in [2.75, 3.05) is 6.61 Å². The van der Waals surface area contributed by atoms with E-state index in [4.69, 9.17) is 9.05 Å². The lowest BCUT2D eigenvalue weighted by atomic mass is 9.85. The van der Waals surface area contributed by atoms with Gasteiger partial charge < -0.3 is 46.0 Å². The maximum absolute atomic E-state index is 12.9. The SMILES string of the molecule is CCCCCCCCC/C=C/C(O)C(COP(=O)(O)OC1C(O)C(O)C(O)C(O)C1O)NC(=O)CC(O)CCCCCCC/C=C\CCCCCCCCCC. The average molecular weight is 822 g/mol. The molecule has 0 aromatic heterocycles. The predicted octanol–water partition coefficient (Wildman–Crippen LogP) is 6.42. The largest absolute Gasteiger partial charge is 0.472 e. The molecule has 8 unspecified atom stereocenters. The third-order valence-electron chi connectivity index (χ3n) is 10.5. The Bertz CT molecular complexity index is 1060. The van der Waals surface area contributed by atoms with Crippen LogP contribution in [0.3, 0.4) is 0 Å². The maximum atomic E-state index is 12.9. The Morgan fingerprint density at radius 3 is 1.52 bits per heavy atom. The number of phosphoric ester groups is 1. The summed E-state index contributed by atoms with van der Waals surface area (Å²) in [5.41, 5.74) is 0. The molecule has 0 spiro atoms. The number of carbonyl (C=O) groups is 1. The number of phosphoric acid groups is 1. The average Bonchev–Trinajstić information content (AvgIpc) is 3.17. The lowest BCUT2D eigenvalue weighted by molar-refractivity contribution is -0.220. The summed E-state index contributed by atoms with van der Waals surface area (Å²) < 4.78 is 22.7. The van der Waals surface area contributed by atoms with E-state index in [0.29, 0.717) is 12.8 Å². The molecule has 0 bridgehead atoms. The second kappa shape index (κ2) is 32.6. The first-order chi connectivity index (χ1) is 26.8. The van der Waals surface area contributed by atoms with E-state index in [9.17, 15) is 50.0 Å². The summed E-state index contributed by atoms with van der Waals surface area (Å²) in [5.74, 6) is -0.601. The molecular formula is C42H80NO12P. The zero-order chi connectivity index (χ0) is 41.6. The van der Waals surface area contributed by atoms with Gasteiger partial charge in [0.2, 0.25) is 5.91 Å². The number of unbranched alkanes of at least 4 members (excludes halogenated alkanes) is 20. The van der Waals surface area contributed by atoms with Gasteiger partial charge in [0.05, 0.1) is 31.3 Å². The molecule has 330 valence electrons. The molecule has 14 heteroatoms. The first-order valence-electron chi connectivity index (χ1n) is 21.9. The van der Waals surface area contributed by atoms with E-state index in [-0.39, 0.29) is 6.42 Å². The minimum atomic E-state index is -5.13. The Hall–Kier alpha value is -1.22. The molecule has 0 saturated heterocycles. The predicted molar refractivity (Wildman–Crippen MR) is 220 cm³/mol. The molecule has 0 aromatic rings. The van der Waals surface area contributed by atoms with E-state index in [1.54, 1.807) is 6.08 Å². The van der Waals surface area contributed by atoms with Crippen molar-refractivity contribution < 1.29 is 59.0 Å². The van der Waals surface area contributed by atoms with E-state index >= 15 is 0 Å². The second-order valence-corrected chi connectivity index (χ2v) is 17.1. The van der Waals surface area contributed by atoms with Crippen molar-refractivity contribution in [3.05, 3.63) is 24.3 Å². The lowest BCUT2D eigenvalue weighted by Crippen LogP contribution is -2.64. The summed E-state index contributed by atoms with van der Waals surface area (Å²) in [7, 11) is -5.13. The molecule has 0 heterocycles. The van der Waals surface area contributed by atoms with Crippen LogP contribution in [0.2, 0.25) is 0 Å². The zero-order valence-corrected chi connectivity index (χ0v) is 35.4. The van der Waals surface area contributed by atoms with Gasteiger partial charge in [-0.25, -0.2) is 4.57 Å². The van der Waals surface area contributed by atoms with Gasteiger partial charge in [0, 0.05) is 0 Å². The summed E-state index contributed by atoms with van der Waals surface area (Å²) >= 11 is 0. The normalized spacial score (nSPS) is 24.4. The summed E-state index contributed by atoms with van der Waals surface area (Å²) in [4.78, 5) is 23.3. The number of carbonyl (C=O) groups excluding carboxylic acids is 1. The van der Waals surface area contributed by atoms with Crippen LogP contribution in [0.5, 0.6) is 0 Å². The number of nitrogens with one attached hydrogen (secondary N) is 1. The van der Waals surface area contributed by atoms with E-state index < -0.39 is 75.2 Å². The van der Waals surface area contributed by atoms with Crippen LogP contribution in [0.15, 0.2) is 24.3 Å². The van der Waals surface area contributed by atoms with E-state index in [1.807, 2.05) is 0 Å². The van der Waals surface area contributed by atoms with Crippen LogP contribution in [-0.4, -0.2) is 108 Å². The zero-order valence-electron chi connectivity index (χ0n) is 34.5. The Labute approximate surface area is 337 Å². The van der Waals surface area contributed by atoms with Crippen LogP contribution < -0.4 is 5.32 Å². The fourth-order valence-electron chi connectivity index (χ4n) is 6.88. The smallest absolute Gasteiger partial charge is 0.393 e. The minimum absolute atomic E-state index is 0.250. The van der Waals surface area contributed by atoms with Crippen molar-refractivity contribution in [2.24, 2.45) is 0 Å². The van der Waals surface area contributed by atoms with Gasteiger partial charge >= 0.3 is 7.82 Å². The molecular weight excluding hydrogens is 741 g/mol. The number of rotatable bonds is 35. The molecule has 9 N–H and O–H groups in total. The molecule has 1 amide bonds. The number of aliphatic hydroxyl groups excluding tert-OH is 7. The molecule has 0 aliphatic heterocycles. The Morgan fingerprint density at radius 2 is 1.04 bits per heavy atom. The monoisotopic (exact) mass is 822 g/mol. The van der Waals surface area contributed by atoms with Crippen LogP contribution in [0.1, 0.15) is 174 Å². The van der Waals surface area contributed by atoms with Gasteiger partial charge in [-0.2, -0.15) is 0 Å². The Morgan fingerprint density at radius 1 is 0.625 bits per heavy atom. The van der Waals surface area contributed by atoms with Gasteiger partial charge in [0.25, 0.3) is 0 Å². The molecule has 1 fully saturated rings. The van der Waals surface area contributed by atoms with Gasteiger partial charge in [0.15, 0.2) is 0 Å². The highest BCUT2D eigenvalue weighted by Crippen LogP contribution is 2.47. The molecule has 0 radical (unpaired) electrons. The molecule has 13 nitrogen and oxygen atoms in total. The van der Waals surface area contributed by atoms with E-state index in [1.165, 1.54) is 83.1 Å². The summed E-state index contributed by atoms with van der Waals surface area (Å²) in [6.07, 6.45) is 20.1. The quantitative estimate of drug-likeness (QED) is 0.0192. The highest BCUT2D eigenvalue weighted by molar-refractivity contribution is 7.47. The third kappa shape index (κ3) is 24.6. The number of hydrogen-bond acceptors (Lipinski definition) is 11. The van der Waals surface area contributed by atoms with Crippen molar-refractivity contribution >= 4 is 13.7 Å². The molecule has 0 aromatic carbocycles. The first-order valence-corrected chi connectivity index (χ1v) is 23.4. The van der Waals surface area contributed by atoms with Gasteiger partial charge in [-0.05, 0) is 44.9 Å². The second-order valence-electron chi connectivity index (χ2n) is 15.7. The van der Waals surface area contributed by atoms with Gasteiger partial charge in [0.1, 0.15) is 36.6 Å². The Kier molecular flexibility index (Phi) is 30.7. The van der Waals surface area contributed by atoms with E-state index in [2.05, 4.69) is 31.3 Å². The summed E-state index contributed by atoms with van der Waals surface area (Å²) in [5, 5.41) is 74.1. The molecule has 1 saturated carbocycles. The van der Waals surface area contributed by atoms with Crippen molar-refractivity contribution in [3.63, 3.8) is 0 Å². The lowest BCUT2D eigenvalue weighted by Gasteiger charge is -2.41. The maximum Gasteiger partial charge on any atom is 0.472 e. The van der Waals surface area contributed by atoms with Crippen molar-refractivity contribution in [2.45, 2.75) is 229 Å². The van der Waals surface area contributed by atoms with Crippen molar-refractivity contribution in [3.8, 4) is 0 Å². The van der Waals surface area contributed by atoms with Gasteiger partial charge in [-0.15, -0.1) is 0 Å². The number of allylic oxidation sites excluding steroid dienone is 3. The molecule has 1 aliphatic rings. The fraction of sp³-hybridized carbons (Fsp3) is 0.881. The van der Waals surface area contributed by atoms with Crippen LogP contribution in [0.25, 0.3) is 0 Å².